The highest BCUT2D eigenvalue weighted by atomic mass is 16.2. The molecule has 0 aliphatic carbocycles. The van der Waals surface area contributed by atoms with Gasteiger partial charge >= 0.3 is 0 Å². The van der Waals surface area contributed by atoms with Gasteiger partial charge in [-0.3, -0.25) is 9.59 Å². The minimum absolute atomic E-state index is 0.00330. The zero-order chi connectivity index (χ0) is 13.8. The maximum atomic E-state index is 12.4. The van der Waals surface area contributed by atoms with E-state index in [0.29, 0.717) is 18.4 Å². The number of hydrogen-bond acceptors (Lipinski definition) is 3. The van der Waals surface area contributed by atoms with E-state index in [-0.39, 0.29) is 17.9 Å². The van der Waals surface area contributed by atoms with Crippen LogP contribution in [0.1, 0.15) is 45.4 Å². The molecule has 19 heavy (non-hydrogen) atoms. The summed E-state index contributed by atoms with van der Waals surface area (Å²) in [5.41, 5.74) is 5.22. The Hall–Kier alpha value is -1.10. The van der Waals surface area contributed by atoms with Gasteiger partial charge in [-0.15, -0.1) is 0 Å². The van der Waals surface area contributed by atoms with Crippen molar-refractivity contribution >= 4 is 11.8 Å². The Morgan fingerprint density at radius 1 is 1.21 bits per heavy atom. The zero-order valence-corrected chi connectivity index (χ0v) is 11.7. The molecule has 0 aromatic carbocycles. The van der Waals surface area contributed by atoms with Gasteiger partial charge in [0.15, 0.2) is 0 Å². The predicted octanol–water partition coefficient (Wildman–Crippen LogP) is 0.631. The Morgan fingerprint density at radius 2 is 1.89 bits per heavy atom. The molecule has 5 heteroatoms. The molecule has 0 saturated carbocycles. The molecular weight excluding hydrogens is 242 g/mol. The molecule has 2 rings (SSSR count). The summed E-state index contributed by atoms with van der Waals surface area (Å²) in [6, 6.07) is 0.437. The highest BCUT2D eigenvalue weighted by molar-refractivity contribution is 5.82. The fourth-order valence-corrected chi connectivity index (χ4v) is 3.20. The van der Waals surface area contributed by atoms with Gasteiger partial charge in [0, 0.05) is 25.6 Å². The highest BCUT2D eigenvalue weighted by Crippen LogP contribution is 2.22. The smallest absolute Gasteiger partial charge is 0.239 e. The van der Waals surface area contributed by atoms with E-state index in [1.54, 1.807) is 0 Å². The first kappa shape index (κ1) is 14.3. The highest BCUT2D eigenvalue weighted by Gasteiger charge is 2.30. The number of nitrogens with one attached hydrogen (secondary N) is 1. The number of piperidine rings is 2. The van der Waals surface area contributed by atoms with E-state index in [9.17, 15) is 9.59 Å². The Kier molecular flexibility index (Phi) is 4.80. The minimum atomic E-state index is -0.229. The molecule has 5 nitrogen and oxygen atoms in total. The topological polar surface area (TPSA) is 75.4 Å². The fraction of sp³-hybridized carbons (Fsp3) is 0.857. The van der Waals surface area contributed by atoms with Gasteiger partial charge in [-0.05, 0) is 44.9 Å². The molecular formula is C14H25N3O2. The van der Waals surface area contributed by atoms with Gasteiger partial charge in [0.1, 0.15) is 0 Å². The standard InChI is InChI=1S/C14H25N3O2/c1-10-3-2-4-12(16-10)14(19)17-7-5-11(6-8-17)9-13(15)18/h10-12,16H,2-9H2,1H3,(H2,15,18). The Bertz CT molecular complexity index is 338. The summed E-state index contributed by atoms with van der Waals surface area (Å²) in [6.45, 7) is 3.67. The lowest BCUT2D eigenvalue weighted by Crippen LogP contribution is -2.53. The maximum Gasteiger partial charge on any atom is 0.239 e. The SMILES string of the molecule is CC1CCCC(C(=O)N2CCC(CC(N)=O)CC2)N1. The van der Waals surface area contributed by atoms with E-state index < -0.39 is 0 Å². The van der Waals surface area contributed by atoms with Crippen molar-refractivity contribution in [1.82, 2.24) is 10.2 Å². The van der Waals surface area contributed by atoms with Gasteiger partial charge in [0.05, 0.1) is 6.04 Å². The van der Waals surface area contributed by atoms with E-state index in [2.05, 4.69) is 12.2 Å². The van der Waals surface area contributed by atoms with Crippen molar-refractivity contribution in [2.24, 2.45) is 11.7 Å². The van der Waals surface area contributed by atoms with Crippen LogP contribution in [0.3, 0.4) is 0 Å². The molecule has 3 N–H and O–H groups in total. The number of carbonyl (C=O) groups excluding carboxylic acids is 2. The van der Waals surface area contributed by atoms with Crippen LogP contribution in [0.2, 0.25) is 0 Å². The van der Waals surface area contributed by atoms with Crippen LogP contribution < -0.4 is 11.1 Å². The Morgan fingerprint density at radius 3 is 2.47 bits per heavy atom. The number of carbonyl (C=O) groups is 2. The van der Waals surface area contributed by atoms with Crippen LogP contribution >= 0.6 is 0 Å². The van der Waals surface area contributed by atoms with Crippen molar-refractivity contribution in [3.05, 3.63) is 0 Å². The maximum absolute atomic E-state index is 12.4. The van der Waals surface area contributed by atoms with E-state index in [1.807, 2.05) is 4.90 Å². The van der Waals surface area contributed by atoms with Gasteiger partial charge in [-0.25, -0.2) is 0 Å². The molecule has 0 aromatic heterocycles. The second-order valence-electron chi connectivity index (χ2n) is 5.99. The lowest BCUT2D eigenvalue weighted by Gasteiger charge is -2.36. The molecule has 0 bridgehead atoms. The number of nitrogens with two attached hydrogens (primary N) is 1. The van der Waals surface area contributed by atoms with E-state index in [0.717, 1.165) is 45.2 Å². The number of nitrogens with zero attached hydrogens (tertiary/aromatic N) is 1. The average molecular weight is 267 g/mol. The van der Waals surface area contributed by atoms with Crippen LogP contribution in [-0.4, -0.2) is 41.9 Å². The summed E-state index contributed by atoms with van der Waals surface area (Å²) < 4.78 is 0. The molecule has 2 atom stereocenters. The van der Waals surface area contributed by atoms with Gasteiger partial charge in [-0.2, -0.15) is 0 Å². The number of rotatable bonds is 3. The van der Waals surface area contributed by atoms with Crippen molar-refractivity contribution < 1.29 is 9.59 Å². The fourth-order valence-electron chi connectivity index (χ4n) is 3.20. The number of amides is 2. The van der Waals surface area contributed by atoms with Crippen molar-refractivity contribution in [2.75, 3.05) is 13.1 Å². The molecule has 2 aliphatic rings. The quantitative estimate of drug-likeness (QED) is 0.787. The minimum Gasteiger partial charge on any atom is -0.370 e. The van der Waals surface area contributed by atoms with Crippen molar-refractivity contribution in [3.63, 3.8) is 0 Å². The summed E-state index contributed by atoms with van der Waals surface area (Å²) in [7, 11) is 0. The molecule has 2 aliphatic heterocycles. The zero-order valence-electron chi connectivity index (χ0n) is 11.7. The van der Waals surface area contributed by atoms with Crippen LogP contribution in [-0.2, 0) is 9.59 Å². The summed E-state index contributed by atoms with van der Waals surface area (Å²) in [6.07, 6.45) is 5.49. The Balaban J connectivity index is 1.80. The van der Waals surface area contributed by atoms with Crippen molar-refractivity contribution in [1.29, 1.82) is 0 Å². The monoisotopic (exact) mass is 267 g/mol. The molecule has 108 valence electrons. The normalized spacial score (nSPS) is 29.2. The number of hydrogen-bond donors (Lipinski definition) is 2. The van der Waals surface area contributed by atoms with Crippen LogP contribution in [0.15, 0.2) is 0 Å². The molecule has 0 spiro atoms. The lowest BCUT2D eigenvalue weighted by molar-refractivity contribution is -0.135. The average Bonchev–Trinajstić information content (AvgIpc) is 2.38. The third-order valence-electron chi connectivity index (χ3n) is 4.33. The second-order valence-corrected chi connectivity index (χ2v) is 5.99. The first-order chi connectivity index (χ1) is 9.06. The van der Waals surface area contributed by atoms with Gasteiger partial charge in [-0.1, -0.05) is 0 Å². The second kappa shape index (κ2) is 6.37. The predicted molar refractivity (Wildman–Crippen MR) is 73.4 cm³/mol. The molecule has 2 unspecified atom stereocenters. The summed E-state index contributed by atoms with van der Waals surface area (Å²) in [4.78, 5) is 25.2. The molecule has 2 amide bonds. The first-order valence-electron chi connectivity index (χ1n) is 7.39. The number of likely N-dealkylation sites (tertiary alicyclic amines) is 1. The van der Waals surface area contributed by atoms with Gasteiger partial charge in [0.2, 0.25) is 11.8 Å². The Labute approximate surface area is 114 Å². The third-order valence-corrected chi connectivity index (χ3v) is 4.33. The molecule has 2 fully saturated rings. The molecule has 0 aromatic rings. The van der Waals surface area contributed by atoms with E-state index in [4.69, 9.17) is 5.73 Å². The van der Waals surface area contributed by atoms with Crippen LogP contribution in [0.4, 0.5) is 0 Å². The third kappa shape index (κ3) is 3.93. The summed E-state index contributed by atoms with van der Waals surface area (Å²) in [5, 5.41) is 3.39. The van der Waals surface area contributed by atoms with Crippen LogP contribution in [0.25, 0.3) is 0 Å². The summed E-state index contributed by atoms with van der Waals surface area (Å²) in [5.74, 6) is 0.372. The van der Waals surface area contributed by atoms with Gasteiger partial charge < -0.3 is 16.0 Å². The number of primary amides is 1. The van der Waals surface area contributed by atoms with E-state index >= 15 is 0 Å². The molecule has 2 heterocycles. The van der Waals surface area contributed by atoms with Crippen molar-refractivity contribution in [3.8, 4) is 0 Å². The van der Waals surface area contributed by atoms with Crippen LogP contribution in [0.5, 0.6) is 0 Å². The lowest BCUT2D eigenvalue weighted by atomic mass is 9.92. The van der Waals surface area contributed by atoms with E-state index in [1.165, 1.54) is 0 Å². The van der Waals surface area contributed by atoms with Crippen molar-refractivity contribution in [2.45, 2.75) is 57.5 Å². The first-order valence-corrected chi connectivity index (χ1v) is 7.39. The largest absolute Gasteiger partial charge is 0.370 e. The van der Waals surface area contributed by atoms with Gasteiger partial charge in [0.25, 0.3) is 0 Å². The molecule has 2 saturated heterocycles. The molecule has 0 radical (unpaired) electrons. The van der Waals surface area contributed by atoms with Crippen LogP contribution in [0, 0.1) is 5.92 Å². The summed E-state index contributed by atoms with van der Waals surface area (Å²) >= 11 is 0.